The van der Waals surface area contributed by atoms with Gasteiger partial charge in [-0.3, -0.25) is 9.59 Å². The molecule has 0 radical (unpaired) electrons. The van der Waals surface area contributed by atoms with Crippen LogP contribution in [0.5, 0.6) is 0 Å². The van der Waals surface area contributed by atoms with E-state index in [2.05, 4.69) is 0 Å². The molecule has 33 unspecified atom stereocenters. The van der Waals surface area contributed by atoms with E-state index in [1.54, 1.807) is 0 Å². The van der Waals surface area contributed by atoms with Crippen molar-refractivity contribution in [2.24, 2.45) is 71.0 Å². The average Bonchev–Trinajstić information content (AvgIpc) is 1.58. The summed E-state index contributed by atoms with van der Waals surface area (Å²) in [5, 5.41) is 0. The Balaban J connectivity index is 0.000000146. The summed E-state index contributed by atoms with van der Waals surface area (Å²) >= 11 is 0. The molecule has 816 valence electrons. The van der Waals surface area contributed by atoms with Crippen LogP contribution in [0.1, 0.15) is 276 Å². The lowest BCUT2D eigenvalue weighted by molar-refractivity contribution is -0.148. The first-order valence-electron chi connectivity index (χ1n) is 60.6. The lowest BCUT2D eigenvalue weighted by Crippen LogP contribution is -2.38. The molecule has 21 nitrogen and oxygen atoms in total. The third kappa shape index (κ3) is 40.8. The summed E-state index contributed by atoms with van der Waals surface area (Å²) in [4.78, 5) is 22.9. The zero-order valence-corrected chi connectivity index (χ0v) is 118. The molecule has 21 heterocycles. The number of carbonyl (C=O) groups excluding carboxylic acids is 2. The number of hydrogen-bond donors (Lipinski definition) is 0. The van der Waals surface area contributed by atoms with E-state index >= 15 is 0 Å². The summed E-state index contributed by atoms with van der Waals surface area (Å²) in [6, 6.07) is 18.3. The second kappa shape index (κ2) is 70.5. The lowest BCUT2D eigenvalue weighted by atomic mass is 9.86. The Labute approximate surface area is 891 Å². The van der Waals surface area contributed by atoms with Crippen molar-refractivity contribution in [1.82, 2.24) is 0 Å². The standard InChI is InChI=1S/C11H18O3Si.C11H22O2Si.C10H16O4Si.C10H20O2Si.C9H18O2Si.C9H18OSi.C8H16OSi.C7H14OSi.2C7H16OSi.2C6H14OSi.C5H12OSi/c12-11-8-5-6-4-7(8)10(14-11)9(6)13-2-1-3-15;14-7-1-5-12-6-4-9-8-10-2-3-11(9)13-10;11-10-5-4-6-8(12-2-1-3-15)9(14-10)7(5)13-6;13-5-1-4-11-7-8-6-9-2-3-10(8)12-9;12-5-1-4-10-9-6-7-2-3-8(9)11-7;11-5-1-2-7-6-8-3-4-9(7)10-8;10-4-3-6-5-7-1-2-8(6)9-7;9-4-5-3-6-1-2-7(5)8-6;9-6-2-4-7-3-1-5-8-7;9-5-1-2-7-3-4-8-6-7;8-4-2-6-1-3-7-5-6;8-5-3-6-2-1-4-7-6;7-4-5-1-2-6-3-5/h6-10H,1-5H2,15H3;9-11H,1-8H2,14H3;5-9H,1-4H2,15H3;8-10H,1-7H2,13H3;7-9H,1-6H2,12H3;7-9H,1-6H2,11H3;6-8H,1-5H2,10H3;5-7H,1-4H2,9H3;2*7H,1-6H2,9H3;2*6H,1-5H2,8H3;5H,1-4H2,7H3. The lowest BCUT2D eigenvalue weighted by Gasteiger charge is -2.25. The molecule has 0 aromatic carbocycles. The van der Waals surface area contributed by atoms with E-state index in [1.807, 2.05) is 0 Å². The van der Waals surface area contributed by atoms with Crippen molar-refractivity contribution < 1.29 is 99.6 Å². The highest BCUT2D eigenvalue weighted by atomic mass is 28.2. The van der Waals surface area contributed by atoms with Gasteiger partial charge in [-0.15, -0.1) is 0 Å². The summed E-state index contributed by atoms with van der Waals surface area (Å²) in [6.07, 6.45) is 65.2. The van der Waals surface area contributed by atoms with Crippen LogP contribution in [0.2, 0.25) is 78.6 Å². The highest BCUT2D eigenvalue weighted by molar-refractivity contribution is 6.11. The Hall–Kier alpha value is 1.08. The maximum Gasteiger partial charge on any atom is 0.312 e. The first kappa shape index (κ1) is 121. The molecular weight excluding hydrogens is 1970 g/mol. The van der Waals surface area contributed by atoms with E-state index in [0.29, 0.717) is 109 Å². The first-order valence-corrected chi connectivity index (χ1v) is 79.0. The number of fused-ring (bicyclic) bond motifs is 14. The van der Waals surface area contributed by atoms with Crippen molar-refractivity contribution in [2.45, 2.75) is 483 Å². The average molecular weight is 2190 g/mol. The molecule has 16 bridgehead atoms. The Kier molecular flexibility index (Phi) is 61.1. The maximum absolute atomic E-state index is 11.5. The quantitative estimate of drug-likeness (QED) is 0.0415. The van der Waals surface area contributed by atoms with Crippen LogP contribution in [0.3, 0.4) is 0 Å². The summed E-state index contributed by atoms with van der Waals surface area (Å²) in [5.41, 5.74) is 0. The van der Waals surface area contributed by atoms with Gasteiger partial charge in [0.25, 0.3) is 0 Å². The summed E-state index contributed by atoms with van der Waals surface area (Å²) in [6.45, 7) is 14.7. The minimum absolute atomic E-state index is 0.00145. The number of rotatable bonds is 40. The molecule has 34 heteroatoms. The van der Waals surface area contributed by atoms with Crippen LogP contribution in [-0.4, -0.2) is 372 Å². The smallest absolute Gasteiger partial charge is 0.312 e. The number of carbonyl (C=O) groups is 2. The fraction of sp³-hybridized carbons (Fsp3) is 0.981. The molecule has 23 aliphatic rings. The van der Waals surface area contributed by atoms with Gasteiger partial charge in [-0.25, -0.2) is 0 Å². The van der Waals surface area contributed by atoms with Crippen molar-refractivity contribution in [3.8, 4) is 0 Å². The number of hydrogen-bond acceptors (Lipinski definition) is 21. The van der Waals surface area contributed by atoms with Crippen molar-refractivity contribution >= 4 is 145 Å². The highest BCUT2D eigenvalue weighted by Crippen LogP contribution is 2.56. The molecule has 2 aliphatic carbocycles. The second-order valence-corrected chi connectivity index (χ2v) is 58.8. The van der Waals surface area contributed by atoms with Crippen LogP contribution in [0.4, 0.5) is 0 Å². The van der Waals surface area contributed by atoms with E-state index < -0.39 is 0 Å². The molecule has 21 aliphatic heterocycles. The normalized spacial score (nSPS) is 38.4. The summed E-state index contributed by atoms with van der Waals surface area (Å²) < 4.78 is 106. The molecular formula is C106H214O21Si13. The van der Waals surface area contributed by atoms with Gasteiger partial charge < -0.3 is 90.0 Å². The van der Waals surface area contributed by atoms with Crippen LogP contribution in [0.25, 0.3) is 0 Å². The van der Waals surface area contributed by atoms with Gasteiger partial charge in [0.15, 0.2) is 6.10 Å². The first-order chi connectivity index (χ1) is 68.7. The van der Waals surface area contributed by atoms with Gasteiger partial charge >= 0.3 is 11.9 Å². The van der Waals surface area contributed by atoms with Crippen molar-refractivity contribution in [1.29, 1.82) is 0 Å². The molecule has 23 fully saturated rings. The topological polar surface area (TPSA) is 210 Å². The Morgan fingerprint density at radius 3 is 1.15 bits per heavy atom. The van der Waals surface area contributed by atoms with Gasteiger partial charge in [-0.1, -0.05) is 111 Å². The van der Waals surface area contributed by atoms with Crippen LogP contribution < -0.4 is 0 Å². The van der Waals surface area contributed by atoms with E-state index in [0.717, 1.165) is 173 Å². The van der Waals surface area contributed by atoms with Crippen molar-refractivity contribution in [3.63, 3.8) is 0 Å². The highest BCUT2D eigenvalue weighted by Gasteiger charge is 2.65. The van der Waals surface area contributed by atoms with Crippen LogP contribution >= 0.6 is 0 Å². The molecule has 0 N–H and O–H groups in total. The molecule has 33 atom stereocenters. The van der Waals surface area contributed by atoms with E-state index in [9.17, 15) is 9.59 Å². The Morgan fingerprint density at radius 1 is 0.279 bits per heavy atom. The third-order valence-electron chi connectivity index (χ3n) is 35.1. The van der Waals surface area contributed by atoms with E-state index in [-0.39, 0.29) is 60.4 Å². The van der Waals surface area contributed by atoms with Crippen LogP contribution in [0, 0.1) is 71.0 Å². The van der Waals surface area contributed by atoms with Crippen LogP contribution in [-0.2, 0) is 99.6 Å². The molecule has 23 rings (SSSR count). The van der Waals surface area contributed by atoms with Crippen molar-refractivity contribution in [2.75, 3.05) is 99.1 Å². The monoisotopic (exact) mass is 2190 g/mol. The largest absolute Gasteiger partial charge is 0.459 e. The van der Waals surface area contributed by atoms with Crippen LogP contribution in [0.15, 0.2) is 0 Å². The van der Waals surface area contributed by atoms with Gasteiger partial charge in [-0.2, -0.15) is 0 Å². The summed E-state index contributed by atoms with van der Waals surface area (Å²) in [5.74, 6) is 8.44. The minimum atomic E-state index is -0.115. The Bertz CT molecular complexity index is 3090. The van der Waals surface area contributed by atoms with E-state index in [1.165, 1.54) is 456 Å². The fourth-order valence-corrected chi connectivity index (χ4v) is 32.9. The molecule has 21 saturated heterocycles. The zero-order chi connectivity index (χ0) is 98.8. The predicted molar refractivity (Wildman–Crippen MR) is 615 cm³/mol. The minimum Gasteiger partial charge on any atom is -0.459 e. The molecule has 0 spiro atoms. The van der Waals surface area contributed by atoms with Crippen molar-refractivity contribution in [3.05, 3.63) is 0 Å². The third-order valence-corrected chi connectivity index (χ3v) is 44.7. The van der Waals surface area contributed by atoms with E-state index in [4.69, 9.17) is 90.0 Å². The Morgan fingerprint density at radius 2 is 0.707 bits per heavy atom. The van der Waals surface area contributed by atoms with Gasteiger partial charge in [0.1, 0.15) is 18.3 Å². The summed E-state index contributed by atoms with van der Waals surface area (Å²) in [7, 11) is 17.4. The predicted octanol–water partition coefficient (Wildman–Crippen LogP) is 5.60. The molecule has 0 aromatic rings. The second-order valence-electron chi connectivity index (χ2n) is 46.1. The zero-order valence-electron chi connectivity index (χ0n) is 91.8. The van der Waals surface area contributed by atoms with Gasteiger partial charge in [-0.05, 0) is 285 Å². The van der Waals surface area contributed by atoms with Gasteiger partial charge in [0.05, 0.1) is 122 Å². The fourth-order valence-electron chi connectivity index (χ4n) is 26.5. The molecule has 2 saturated carbocycles. The number of esters is 2. The molecule has 140 heavy (non-hydrogen) atoms. The van der Waals surface area contributed by atoms with Gasteiger partial charge in [0.2, 0.25) is 0 Å². The molecule has 0 amide bonds. The maximum atomic E-state index is 11.5. The van der Waals surface area contributed by atoms with Gasteiger partial charge in [0, 0.05) is 244 Å². The number of ether oxygens (including phenoxy) is 19. The molecule has 0 aromatic heterocycles. The SMILES string of the molecule is O=C1OC2C(OCCC[SiH3])C3CC1C2O3.O=C1OC2C3CC(CC13)C2OCCC[SiH3].[SiH3]CC1CC2CCC1O2.[SiH3]CC1CCOC1.[SiH3]CCC1CC2CCC1O2.[SiH3]CCC1CCCO1.[SiH3]CCC1CCOC1.[SiH3]CCCC1CC2CCC1O2.[SiH3]CCCC1CCCO1.[SiH3]CCCC1CCOC1.[SiH3]CCCOC1CC2CCC1O2.[SiH3]CCCOCC1CC2CCC1O2.[SiH3]CCCOCCC1CC2CCC1O2.